The Morgan fingerprint density at radius 1 is 1.12 bits per heavy atom. The molecule has 1 aliphatic heterocycles. The molecule has 0 aliphatic carbocycles. The smallest absolute Gasteiger partial charge is 0.247 e. The van der Waals surface area contributed by atoms with Crippen molar-refractivity contribution in [3.05, 3.63) is 58.8 Å². The summed E-state index contributed by atoms with van der Waals surface area (Å²) in [7, 11) is 0. The van der Waals surface area contributed by atoms with Crippen molar-refractivity contribution in [2.24, 2.45) is 0 Å². The van der Waals surface area contributed by atoms with Crippen LogP contribution in [0.3, 0.4) is 0 Å². The van der Waals surface area contributed by atoms with Gasteiger partial charge in [0, 0.05) is 34.0 Å². The lowest BCUT2D eigenvalue weighted by molar-refractivity contribution is -0.300. The molecule has 0 radical (unpaired) electrons. The van der Waals surface area contributed by atoms with E-state index < -0.39 is 17.9 Å². The second kappa shape index (κ2) is 6.23. The molecule has 2 aromatic rings. The van der Waals surface area contributed by atoms with Gasteiger partial charge in [-0.15, -0.1) is 10.2 Å². The first-order valence-corrected chi connectivity index (χ1v) is 7.38. The van der Waals surface area contributed by atoms with Crippen LogP contribution in [0.4, 0.5) is 0 Å². The summed E-state index contributed by atoms with van der Waals surface area (Å²) in [6, 6.07) is 6.59. The lowest BCUT2D eigenvalue weighted by Gasteiger charge is -2.33. The molecular formula is C17H13N3O5-2. The highest BCUT2D eigenvalue weighted by Crippen LogP contribution is 2.38. The Hall–Kier alpha value is -3.42. The van der Waals surface area contributed by atoms with E-state index in [1.807, 2.05) is 0 Å². The van der Waals surface area contributed by atoms with E-state index >= 15 is 0 Å². The van der Waals surface area contributed by atoms with E-state index in [9.17, 15) is 19.8 Å². The minimum absolute atomic E-state index is 0.160. The number of hydrogen-bond acceptors (Lipinski definition) is 8. The van der Waals surface area contributed by atoms with Gasteiger partial charge < -0.3 is 29.5 Å². The van der Waals surface area contributed by atoms with Crippen LogP contribution >= 0.6 is 0 Å². The van der Waals surface area contributed by atoms with Crippen LogP contribution in [0, 0.1) is 0 Å². The van der Waals surface area contributed by atoms with Crippen LogP contribution in [0.25, 0.3) is 11.5 Å². The Labute approximate surface area is 142 Å². The molecule has 0 amide bonds. The van der Waals surface area contributed by atoms with Crippen LogP contribution in [-0.2, 0) is 9.59 Å². The van der Waals surface area contributed by atoms with Gasteiger partial charge in [-0.05, 0) is 31.5 Å². The zero-order valence-electron chi connectivity index (χ0n) is 13.4. The fourth-order valence-electron chi connectivity index (χ4n) is 3.02. The van der Waals surface area contributed by atoms with E-state index in [1.54, 1.807) is 38.1 Å². The highest BCUT2D eigenvalue weighted by Gasteiger charge is 2.30. The van der Waals surface area contributed by atoms with E-state index in [2.05, 4.69) is 15.5 Å². The predicted octanol–water partition coefficient (Wildman–Crippen LogP) is -0.529. The van der Waals surface area contributed by atoms with Crippen LogP contribution in [-0.4, -0.2) is 22.1 Å². The number of carbonyl (C=O) groups excluding carboxylic acids is 2. The molecule has 8 heteroatoms. The second-order valence-corrected chi connectivity index (χ2v) is 5.58. The molecule has 1 N–H and O–H groups in total. The van der Waals surface area contributed by atoms with E-state index in [0.29, 0.717) is 22.5 Å². The summed E-state index contributed by atoms with van der Waals surface area (Å²) < 4.78 is 5.14. The van der Waals surface area contributed by atoms with Gasteiger partial charge in [0.05, 0.1) is 11.9 Å². The van der Waals surface area contributed by atoms with E-state index in [0.717, 1.165) is 0 Å². The molecule has 0 spiro atoms. The number of allylic oxidation sites excluding steroid dienone is 2. The SMILES string of the molecule is CC1=C(C(=O)[O-])C(c2cccc(-c3nnco3)c2)C(C(=O)[O-])=C(C)N1. The molecular weight excluding hydrogens is 326 g/mol. The fraction of sp³-hybridized carbons (Fsp3) is 0.176. The third kappa shape index (κ3) is 2.89. The first-order chi connectivity index (χ1) is 11.9. The number of rotatable bonds is 4. The minimum Gasteiger partial charge on any atom is -0.545 e. The van der Waals surface area contributed by atoms with Crippen molar-refractivity contribution in [2.75, 3.05) is 0 Å². The molecule has 1 aliphatic rings. The fourth-order valence-corrected chi connectivity index (χ4v) is 3.02. The summed E-state index contributed by atoms with van der Waals surface area (Å²) in [5.74, 6) is -3.71. The number of dihydropyridines is 1. The van der Waals surface area contributed by atoms with Gasteiger partial charge in [0.25, 0.3) is 0 Å². The molecule has 1 aromatic heterocycles. The van der Waals surface area contributed by atoms with Crippen LogP contribution in [0.5, 0.6) is 0 Å². The monoisotopic (exact) mass is 339 g/mol. The normalized spacial score (nSPS) is 15.3. The van der Waals surface area contributed by atoms with Crippen molar-refractivity contribution < 1.29 is 24.2 Å². The standard InChI is InChI=1S/C17H15N3O5/c1-8-12(16(21)22)14(13(17(23)24)9(2)19-8)10-4-3-5-11(6-10)15-20-18-7-25-15/h3-7,14,19H,1-2H3,(H,21,22)(H,23,24)/p-2. The maximum Gasteiger partial charge on any atom is 0.247 e. The highest BCUT2D eigenvalue weighted by atomic mass is 16.4. The summed E-state index contributed by atoms with van der Waals surface area (Å²) in [6.45, 7) is 3.10. The number of nitrogens with zero attached hydrogens (tertiary/aromatic N) is 2. The van der Waals surface area contributed by atoms with Crippen molar-refractivity contribution in [1.82, 2.24) is 15.5 Å². The number of carboxylic acid groups (broad SMARTS) is 2. The van der Waals surface area contributed by atoms with Gasteiger partial charge in [-0.25, -0.2) is 0 Å². The van der Waals surface area contributed by atoms with Gasteiger partial charge >= 0.3 is 0 Å². The second-order valence-electron chi connectivity index (χ2n) is 5.58. The van der Waals surface area contributed by atoms with Gasteiger partial charge in [0.1, 0.15) is 0 Å². The summed E-state index contributed by atoms with van der Waals surface area (Å²) >= 11 is 0. The molecule has 128 valence electrons. The lowest BCUT2D eigenvalue weighted by Crippen LogP contribution is -2.40. The van der Waals surface area contributed by atoms with Crippen LogP contribution in [0.15, 0.2) is 57.6 Å². The third-order valence-corrected chi connectivity index (χ3v) is 4.03. The van der Waals surface area contributed by atoms with Gasteiger partial charge in [0.2, 0.25) is 12.3 Å². The molecule has 0 saturated carbocycles. The van der Waals surface area contributed by atoms with Gasteiger partial charge in [-0.2, -0.15) is 0 Å². The maximum atomic E-state index is 11.7. The van der Waals surface area contributed by atoms with Gasteiger partial charge in [-0.3, -0.25) is 0 Å². The summed E-state index contributed by atoms with van der Waals surface area (Å²) in [6.07, 6.45) is 1.17. The first-order valence-electron chi connectivity index (χ1n) is 7.38. The van der Waals surface area contributed by atoms with Crippen molar-refractivity contribution in [2.45, 2.75) is 19.8 Å². The molecule has 3 rings (SSSR count). The molecule has 1 aromatic carbocycles. The van der Waals surface area contributed by atoms with Crippen LogP contribution in [0.2, 0.25) is 0 Å². The van der Waals surface area contributed by atoms with Crippen LogP contribution in [0.1, 0.15) is 25.3 Å². The Morgan fingerprint density at radius 3 is 2.28 bits per heavy atom. The molecule has 0 saturated heterocycles. The number of carbonyl (C=O) groups is 2. The zero-order chi connectivity index (χ0) is 18.1. The number of aromatic nitrogens is 2. The predicted molar refractivity (Wildman–Crippen MR) is 81.0 cm³/mol. The Bertz CT molecular complexity index is 876. The Morgan fingerprint density at radius 2 is 1.76 bits per heavy atom. The molecule has 25 heavy (non-hydrogen) atoms. The lowest BCUT2D eigenvalue weighted by atomic mass is 9.80. The summed E-state index contributed by atoms with van der Waals surface area (Å²) in [4.78, 5) is 23.3. The number of hydrogen-bond donors (Lipinski definition) is 1. The average molecular weight is 339 g/mol. The van der Waals surface area contributed by atoms with E-state index in [4.69, 9.17) is 4.42 Å². The molecule has 2 heterocycles. The van der Waals surface area contributed by atoms with E-state index in [1.165, 1.54) is 6.39 Å². The zero-order valence-corrected chi connectivity index (χ0v) is 13.4. The number of nitrogens with one attached hydrogen (secondary N) is 1. The van der Waals surface area contributed by atoms with Gasteiger partial charge in [0.15, 0.2) is 0 Å². The van der Waals surface area contributed by atoms with E-state index in [-0.39, 0.29) is 17.0 Å². The quantitative estimate of drug-likeness (QED) is 0.786. The van der Waals surface area contributed by atoms with Crippen LogP contribution < -0.4 is 15.5 Å². The Balaban J connectivity index is 2.20. The minimum atomic E-state index is -1.45. The maximum absolute atomic E-state index is 11.7. The van der Waals surface area contributed by atoms with Crippen molar-refractivity contribution in [1.29, 1.82) is 0 Å². The summed E-state index contributed by atoms with van der Waals surface area (Å²) in [5.41, 5.74) is 1.29. The van der Waals surface area contributed by atoms with Gasteiger partial charge in [-0.1, -0.05) is 12.1 Å². The number of carboxylic acids is 2. The van der Waals surface area contributed by atoms with Crippen molar-refractivity contribution in [3.8, 4) is 11.5 Å². The topological polar surface area (TPSA) is 131 Å². The third-order valence-electron chi connectivity index (χ3n) is 4.03. The molecule has 0 bridgehead atoms. The largest absolute Gasteiger partial charge is 0.545 e. The van der Waals surface area contributed by atoms with Crippen molar-refractivity contribution >= 4 is 11.9 Å². The molecule has 8 nitrogen and oxygen atoms in total. The molecule has 0 unspecified atom stereocenters. The van der Waals surface area contributed by atoms with Crippen molar-refractivity contribution in [3.63, 3.8) is 0 Å². The number of aliphatic carboxylic acids is 2. The number of benzene rings is 1. The molecule has 0 fully saturated rings. The molecule has 0 atom stereocenters. The summed E-state index contributed by atoms with van der Waals surface area (Å²) in [5, 5.41) is 33.5. The first kappa shape index (κ1) is 16.4. The highest BCUT2D eigenvalue weighted by molar-refractivity contribution is 5.97. The average Bonchev–Trinajstić information content (AvgIpc) is 3.07. The Kier molecular flexibility index (Phi) is 4.10.